The molecule has 3 aromatic heterocycles. The Bertz CT molecular complexity index is 1240. The molecule has 0 radical (unpaired) electrons. The van der Waals surface area contributed by atoms with Gasteiger partial charge in [-0.1, -0.05) is 13.0 Å². The van der Waals surface area contributed by atoms with Gasteiger partial charge in [0.05, 0.1) is 16.8 Å². The Kier molecular flexibility index (Phi) is 4.81. The summed E-state index contributed by atoms with van der Waals surface area (Å²) >= 11 is 0. The van der Waals surface area contributed by atoms with Gasteiger partial charge in [-0.15, -0.1) is 0 Å². The molecule has 0 saturated carbocycles. The van der Waals surface area contributed by atoms with Gasteiger partial charge >= 0.3 is 6.18 Å². The molecule has 0 aliphatic carbocycles. The number of carbonyl (C=O) groups excluding carboxylic acids is 1. The van der Waals surface area contributed by atoms with Crippen molar-refractivity contribution in [1.82, 2.24) is 24.9 Å². The van der Waals surface area contributed by atoms with E-state index in [1.54, 1.807) is 22.8 Å². The van der Waals surface area contributed by atoms with E-state index >= 15 is 0 Å². The predicted molar refractivity (Wildman–Crippen MR) is 106 cm³/mol. The molecule has 0 saturated heterocycles. The number of hydrogen-bond donors (Lipinski definition) is 2. The number of nitrogens with one attached hydrogen (secondary N) is 2. The Morgan fingerprint density at radius 3 is 2.70 bits per heavy atom. The van der Waals surface area contributed by atoms with E-state index in [0.717, 1.165) is 12.1 Å². The summed E-state index contributed by atoms with van der Waals surface area (Å²) in [6.07, 6.45) is -0.841. The zero-order valence-electron chi connectivity index (χ0n) is 16.2. The van der Waals surface area contributed by atoms with Crippen molar-refractivity contribution in [2.24, 2.45) is 0 Å². The van der Waals surface area contributed by atoms with Crippen LogP contribution in [0.3, 0.4) is 0 Å². The minimum Gasteiger partial charge on any atom is -0.354 e. The molecule has 0 spiro atoms. The van der Waals surface area contributed by atoms with Gasteiger partial charge < -0.3 is 10.3 Å². The van der Waals surface area contributed by atoms with Gasteiger partial charge in [0.2, 0.25) is 0 Å². The highest BCUT2D eigenvalue weighted by molar-refractivity contribution is 6.01. The molecule has 0 unspecified atom stereocenters. The smallest absolute Gasteiger partial charge is 0.354 e. The van der Waals surface area contributed by atoms with E-state index in [4.69, 9.17) is 0 Å². The molecule has 2 N–H and O–H groups in total. The van der Waals surface area contributed by atoms with Crippen LogP contribution in [0.5, 0.6) is 0 Å². The molecular weight excluding hydrogens is 395 g/mol. The summed E-state index contributed by atoms with van der Waals surface area (Å²) in [5.41, 5.74) is 2.60. The van der Waals surface area contributed by atoms with Crippen LogP contribution in [0.1, 0.15) is 28.5 Å². The largest absolute Gasteiger partial charge is 0.416 e. The molecule has 1 amide bonds. The van der Waals surface area contributed by atoms with Crippen molar-refractivity contribution in [3.63, 3.8) is 0 Å². The fourth-order valence-electron chi connectivity index (χ4n) is 3.48. The molecule has 30 heavy (non-hydrogen) atoms. The van der Waals surface area contributed by atoms with E-state index < -0.39 is 17.6 Å². The van der Waals surface area contributed by atoms with Crippen molar-refractivity contribution < 1.29 is 18.0 Å². The summed E-state index contributed by atoms with van der Waals surface area (Å²) in [6, 6.07) is 8.88. The van der Waals surface area contributed by atoms with Gasteiger partial charge in [0.15, 0.2) is 0 Å². The van der Waals surface area contributed by atoms with Gasteiger partial charge in [-0.3, -0.25) is 4.79 Å². The first-order valence-electron chi connectivity index (χ1n) is 9.27. The molecule has 154 valence electrons. The van der Waals surface area contributed by atoms with Crippen LogP contribution in [0.2, 0.25) is 0 Å². The lowest BCUT2D eigenvalue weighted by Crippen LogP contribution is -2.19. The van der Waals surface area contributed by atoms with Crippen LogP contribution in [0, 0.1) is 0 Å². The number of alkyl halides is 3. The number of fused-ring (bicyclic) bond motifs is 1. The zero-order valence-corrected chi connectivity index (χ0v) is 16.2. The number of carbonyl (C=O) groups is 1. The first-order chi connectivity index (χ1) is 14.3. The maximum Gasteiger partial charge on any atom is 0.416 e. The highest BCUT2D eigenvalue weighted by Gasteiger charge is 2.31. The third-order valence-corrected chi connectivity index (χ3v) is 4.97. The van der Waals surface area contributed by atoms with Crippen LogP contribution in [0.4, 0.5) is 13.2 Å². The second kappa shape index (κ2) is 7.33. The first kappa shape index (κ1) is 19.7. The second-order valence-electron chi connectivity index (χ2n) is 6.72. The third kappa shape index (κ3) is 3.32. The fourth-order valence-corrected chi connectivity index (χ4v) is 3.48. The monoisotopic (exact) mass is 413 g/mol. The Morgan fingerprint density at radius 1 is 1.20 bits per heavy atom. The summed E-state index contributed by atoms with van der Waals surface area (Å²) in [6.45, 7) is 1.85. The number of H-pyrrole nitrogens is 1. The van der Waals surface area contributed by atoms with Crippen LogP contribution in [-0.2, 0) is 12.6 Å². The minimum absolute atomic E-state index is 0.171. The standard InChI is InChI=1S/C21H18F3N5O/c1-3-12-6-7-13(21(22,23)24)9-14(12)15-10-16(28-18(15)20(30)25-2)19-17-5-4-8-29(17)27-11-26-19/h4-11,28H,3H2,1-2H3,(H,25,30). The molecule has 0 aliphatic heterocycles. The van der Waals surface area contributed by atoms with Gasteiger partial charge in [0.25, 0.3) is 5.91 Å². The van der Waals surface area contributed by atoms with Crippen molar-refractivity contribution >= 4 is 11.4 Å². The lowest BCUT2D eigenvalue weighted by Gasteiger charge is -2.13. The summed E-state index contributed by atoms with van der Waals surface area (Å²) in [5.74, 6) is -0.434. The molecule has 4 rings (SSSR count). The number of nitrogens with zero attached hydrogens (tertiary/aromatic N) is 3. The molecule has 3 heterocycles. The Morgan fingerprint density at radius 2 is 2.00 bits per heavy atom. The van der Waals surface area contributed by atoms with Crippen molar-refractivity contribution in [3.05, 3.63) is 65.7 Å². The summed E-state index contributed by atoms with van der Waals surface area (Å²) in [7, 11) is 1.47. The van der Waals surface area contributed by atoms with E-state index in [1.807, 2.05) is 13.0 Å². The van der Waals surface area contributed by atoms with Crippen molar-refractivity contribution in [1.29, 1.82) is 0 Å². The van der Waals surface area contributed by atoms with E-state index in [0.29, 0.717) is 40.0 Å². The van der Waals surface area contributed by atoms with Crippen molar-refractivity contribution in [2.45, 2.75) is 19.5 Å². The molecule has 0 atom stereocenters. The maximum absolute atomic E-state index is 13.3. The van der Waals surface area contributed by atoms with Gasteiger partial charge in [-0.05, 0) is 47.9 Å². The van der Waals surface area contributed by atoms with Crippen LogP contribution in [-0.4, -0.2) is 32.5 Å². The second-order valence-corrected chi connectivity index (χ2v) is 6.72. The number of aromatic amines is 1. The molecule has 0 bridgehead atoms. The Hall–Kier alpha value is -3.62. The molecular formula is C21H18F3N5O. The molecule has 6 nitrogen and oxygen atoms in total. The van der Waals surface area contributed by atoms with Crippen molar-refractivity contribution in [2.75, 3.05) is 7.05 Å². The van der Waals surface area contributed by atoms with Gasteiger partial charge in [0, 0.05) is 18.8 Å². The Labute approximate surface area is 169 Å². The number of rotatable bonds is 4. The highest BCUT2D eigenvalue weighted by Crippen LogP contribution is 2.37. The first-order valence-corrected chi connectivity index (χ1v) is 9.27. The topological polar surface area (TPSA) is 75.1 Å². The Balaban J connectivity index is 1.97. The quantitative estimate of drug-likeness (QED) is 0.523. The number of hydrogen-bond acceptors (Lipinski definition) is 3. The van der Waals surface area contributed by atoms with Crippen molar-refractivity contribution in [3.8, 4) is 22.5 Å². The third-order valence-electron chi connectivity index (χ3n) is 4.97. The van der Waals surface area contributed by atoms with Gasteiger partial charge in [-0.25, -0.2) is 9.50 Å². The molecule has 1 aromatic carbocycles. The van der Waals surface area contributed by atoms with Crippen LogP contribution >= 0.6 is 0 Å². The molecule has 0 aliphatic rings. The number of amides is 1. The van der Waals surface area contributed by atoms with Gasteiger partial charge in [-0.2, -0.15) is 18.3 Å². The lowest BCUT2D eigenvalue weighted by molar-refractivity contribution is -0.137. The maximum atomic E-state index is 13.3. The summed E-state index contributed by atoms with van der Waals surface area (Å²) < 4.78 is 41.7. The van der Waals surface area contributed by atoms with E-state index in [1.165, 1.54) is 19.4 Å². The highest BCUT2D eigenvalue weighted by atomic mass is 19.4. The van der Waals surface area contributed by atoms with Crippen LogP contribution < -0.4 is 5.32 Å². The average Bonchev–Trinajstić information content (AvgIpc) is 3.39. The minimum atomic E-state index is -4.49. The zero-order chi connectivity index (χ0) is 21.5. The molecule has 9 heteroatoms. The van der Waals surface area contributed by atoms with E-state index in [2.05, 4.69) is 20.4 Å². The number of halogens is 3. The SMILES string of the molecule is CCc1ccc(C(F)(F)F)cc1-c1cc(-c2ncnn3cccc23)[nH]c1C(=O)NC. The van der Waals surface area contributed by atoms with E-state index in [9.17, 15) is 18.0 Å². The summed E-state index contributed by atoms with van der Waals surface area (Å²) in [4.78, 5) is 19.9. The summed E-state index contributed by atoms with van der Waals surface area (Å²) in [5, 5.41) is 6.66. The van der Waals surface area contributed by atoms with Gasteiger partial charge in [0.1, 0.15) is 17.7 Å². The number of benzene rings is 1. The van der Waals surface area contributed by atoms with Crippen LogP contribution in [0.25, 0.3) is 28.0 Å². The molecule has 0 fully saturated rings. The number of aromatic nitrogens is 4. The predicted octanol–water partition coefficient (Wildman–Crippen LogP) is 4.33. The van der Waals surface area contributed by atoms with E-state index in [-0.39, 0.29) is 5.69 Å². The normalized spacial score (nSPS) is 11.8. The average molecular weight is 413 g/mol. The fraction of sp³-hybridized carbons (Fsp3) is 0.190. The number of aryl methyl sites for hydroxylation is 1. The molecule has 4 aromatic rings. The lowest BCUT2D eigenvalue weighted by atomic mass is 9.95. The van der Waals surface area contributed by atoms with Crippen LogP contribution in [0.15, 0.2) is 48.9 Å².